The van der Waals surface area contributed by atoms with Crippen molar-refractivity contribution in [1.82, 2.24) is 0 Å². The molecule has 3 heteroatoms. The molecule has 0 fully saturated rings. The highest BCUT2D eigenvalue weighted by atomic mass is 19.1. The molecular formula is C3H6FNO. The third-order valence-corrected chi connectivity index (χ3v) is 0.249. The molecule has 0 saturated heterocycles. The fraction of sp³-hybridized carbons (Fsp3) is 0.667. The molecule has 36 valence electrons. The van der Waals surface area contributed by atoms with Crippen LogP contribution in [0.3, 0.4) is 0 Å². The van der Waals surface area contributed by atoms with Crippen molar-refractivity contribution in [2.45, 2.75) is 0 Å². The van der Waals surface area contributed by atoms with E-state index < -0.39 is 6.67 Å². The van der Waals surface area contributed by atoms with E-state index >= 15 is 0 Å². The van der Waals surface area contributed by atoms with Crippen LogP contribution in [0.25, 0.3) is 0 Å². The molecule has 2 nitrogen and oxygen atoms in total. The smallest absolute Gasteiger partial charge is 0.128 e. The summed E-state index contributed by atoms with van der Waals surface area (Å²) >= 11 is 0. The molecule has 0 aliphatic heterocycles. The first-order valence-electron chi connectivity index (χ1n) is 1.52. The van der Waals surface area contributed by atoms with Gasteiger partial charge in [-0.2, -0.15) is 0 Å². The molecule has 0 atom stereocenters. The topological polar surface area (TPSA) is 21.6 Å². The molecule has 0 aromatic rings. The second kappa shape index (κ2) is 4.40. The molecule has 6 heavy (non-hydrogen) atoms. The molecule has 0 unspecified atom stereocenters. The third kappa shape index (κ3) is 3.40. The summed E-state index contributed by atoms with van der Waals surface area (Å²) in [6.45, 7) is -0.562. The van der Waals surface area contributed by atoms with E-state index in [-0.39, 0.29) is 0 Å². The lowest BCUT2D eigenvalue weighted by Gasteiger charge is -1.77. The van der Waals surface area contributed by atoms with E-state index in [0.29, 0.717) is 0 Å². The highest BCUT2D eigenvalue weighted by Gasteiger charge is 1.63. The molecule has 0 aliphatic rings. The molecule has 0 rings (SSSR count). The van der Waals surface area contributed by atoms with Gasteiger partial charge in [-0.15, -0.1) is 0 Å². The highest BCUT2D eigenvalue weighted by molar-refractivity contribution is 5.57. The van der Waals surface area contributed by atoms with Gasteiger partial charge < -0.3 is 4.84 Å². The summed E-state index contributed by atoms with van der Waals surface area (Å²) < 4.78 is 11.0. The zero-order valence-electron chi connectivity index (χ0n) is 3.52. The molecule has 0 amide bonds. The van der Waals surface area contributed by atoms with Crippen LogP contribution in [0.15, 0.2) is 5.16 Å². The van der Waals surface area contributed by atoms with Crippen LogP contribution in [0.2, 0.25) is 0 Å². The molecule has 0 aromatic heterocycles. The Labute approximate surface area is 35.6 Å². The van der Waals surface area contributed by atoms with E-state index in [1.165, 1.54) is 7.11 Å². The average Bonchev–Trinajstić information content (AvgIpc) is 1.61. The average molecular weight is 91.1 g/mol. The Hall–Kier alpha value is -0.600. The molecule has 0 N–H and O–H groups in total. The van der Waals surface area contributed by atoms with Gasteiger partial charge >= 0.3 is 0 Å². The summed E-state index contributed by atoms with van der Waals surface area (Å²) in [5.74, 6) is 0. The molecule has 0 aromatic carbocycles. The first-order chi connectivity index (χ1) is 2.91. The lowest BCUT2D eigenvalue weighted by Crippen LogP contribution is -1.74. The SMILES string of the molecule is CO/N=C/CF. The van der Waals surface area contributed by atoms with Gasteiger partial charge in [0.2, 0.25) is 0 Å². The molecule has 0 heterocycles. The number of alkyl halides is 1. The minimum atomic E-state index is -0.562. The molecule has 0 aliphatic carbocycles. The second-order valence-electron chi connectivity index (χ2n) is 0.625. The van der Waals surface area contributed by atoms with Gasteiger partial charge in [0.25, 0.3) is 0 Å². The van der Waals surface area contributed by atoms with E-state index in [9.17, 15) is 4.39 Å². The Bertz CT molecular complexity index is 40.1. The van der Waals surface area contributed by atoms with Crippen LogP contribution < -0.4 is 0 Å². The Morgan fingerprint density at radius 3 is 2.83 bits per heavy atom. The van der Waals surface area contributed by atoms with Crippen molar-refractivity contribution in [2.24, 2.45) is 5.16 Å². The monoisotopic (exact) mass is 91.0 g/mol. The molecule has 0 radical (unpaired) electrons. The number of oxime groups is 1. The number of hydrogen-bond donors (Lipinski definition) is 0. The minimum absolute atomic E-state index is 0.562. The van der Waals surface area contributed by atoms with Gasteiger partial charge in [-0.05, 0) is 0 Å². The summed E-state index contributed by atoms with van der Waals surface area (Å²) in [6, 6.07) is 0. The lowest BCUT2D eigenvalue weighted by atomic mass is 10.9. The quantitative estimate of drug-likeness (QED) is 0.360. The van der Waals surface area contributed by atoms with E-state index in [2.05, 4.69) is 9.99 Å². The largest absolute Gasteiger partial charge is 0.399 e. The summed E-state index contributed by atoms with van der Waals surface area (Å²) in [4.78, 5) is 4.11. The van der Waals surface area contributed by atoms with Crippen molar-refractivity contribution < 1.29 is 9.23 Å². The lowest BCUT2D eigenvalue weighted by molar-refractivity contribution is 0.214. The Balaban J connectivity index is 2.73. The standard InChI is InChI=1S/C3H6FNO/c1-6-5-3-2-4/h3H,2H2,1H3/b5-3+. The Kier molecular flexibility index (Phi) is 3.96. The summed E-state index contributed by atoms with van der Waals surface area (Å²) in [5.41, 5.74) is 0. The van der Waals surface area contributed by atoms with Crippen molar-refractivity contribution in [2.75, 3.05) is 13.8 Å². The zero-order chi connectivity index (χ0) is 4.83. The van der Waals surface area contributed by atoms with E-state index in [4.69, 9.17) is 0 Å². The van der Waals surface area contributed by atoms with Crippen LogP contribution in [0, 0.1) is 0 Å². The van der Waals surface area contributed by atoms with E-state index in [1.807, 2.05) is 0 Å². The van der Waals surface area contributed by atoms with Crippen molar-refractivity contribution in [1.29, 1.82) is 0 Å². The van der Waals surface area contributed by atoms with Gasteiger partial charge in [-0.3, -0.25) is 0 Å². The zero-order valence-corrected chi connectivity index (χ0v) is 3.52. The van der Waals surface area contributed by atoms with Crippen LogP contribution in [-0.2, 0) is 4.84 Å². The van der Waals surface area contributed by atoms with Gasteiger partial charge in [-0.25, -0.2) is 4.39 Å². The van der Waals surface area contributed by atoms with Gasteiger partial charge in [-0.1, -0.05) is 5.16 Å². The number of hydrogen-bond acceptors (Lipinski definition) is 2. The Morgan fingerprint density at radius 1 is 2.00 bits per heavy atom. The number of rotatable bonds is 2. The minimum Gasteiger partial charge on any atom is -0.399 e. The van der Waals surface area contributed by atoms with Gasteiger partial charge in [0.05, 0.1) is 6.21 Å². The van der Waals surface area contributed by atoms with Gasteiger partial charge in [0.15, 0.2) is 0 Å². The summed E-state index contributed by atoms with van der Waals surface area (Å²) in [7, 11) is 1.37. The number of nitrogens with zero attached hydrogens (tertiary/aromatic N) is 1. The second-order valence-corrected chi connectivity index (χ2v) is 0.625. The van der Waals surface area contributed by atoms with Crippen molar-refractivity contribution in [3.63, 3.8) is 0 Å². The summed E-state index contributed by atoms with van der Waals surface area (Å²) in [6.07, 6.45) is 1.04. The maximum absolute atomic E-state index is 11.0. The third-order valence-electron chi connectivity index (χ3n) is 0.249. The van der Waals surface area contributed by atoms with Crippen LogP contribution in [0.4, 0.5) is 4.39 Å². The number of halogens is 1. The van der Waals surface area contributed by atoms with E-state index in [0.717, 1.165) is 6.21 Å². The molecular weight excluding hydrogens is 85.0 g/mol. The first kappa shape index (κ1) is 5.40. The van der Waals surface area contributed by atoms with Crippen LogP contribution in [0.1, 0.15) is 0 Å². The fourth-order valence-corrected chi connectivity index (χ4v) is 0.103. The highest BCUT2D eigenvalue weighted by Crippen LogP contribution is 1.62. The van der Waals surface area contributed by atoms with Gasteiger partial charge in [0, 0.05) is 0 Å². The van der Waals surface area contributed by atoms with Gasteiger partial charge in [0.1, 0.15) is 13.8 Å². The van der Waals surface area contributed by atoms with Crippen LogP contribution in [-0.4, -0.2) is 20.0 Å². The Morgan fingerprint density at radius 2 is 2.67 bits per heavy atom. The summed E-state index contributed by atoms with van der Waals surface area (Å²) in [5, 5.41) is 3.09. The molecule has 0 spiro atoms. The fourth-order valence-electron chi connectivity index (χ4n) is 0.103. The van der Waals surface area contributed by atoms with Crippen LogP contribution >= 0.6 is 0 Å². The molecule has 0 saturated carbocycles. The first-order valence-corrected chi connectivity index (χ1v) is 1.52. The maximum atomic E-state index is 11.0. The molecule has 0 bridgehead atoms. The van der Waals surface area contributed by atoms with E-state index in [1.54, 1.807) is 0 Å². The maximum Gasteiger partial charge on any atom is 0.128 e. The van der Waals surface area contributed by atoms with Crippen LogP contribution in [0.5, 0.6) is 0 Å². The normalized spacial score (nSPS) is 9.67. The predicted octanol–water partition coefficient (Wildman–Crippen LogP) is 0.588. The van der Waals surface area contributed by atoms with Crippen molar-refractivity contribution in [3.8, 4) is 0 Å². The predicted molar refractivity (Wildman–Crippen MR) is 21.5 cm³/mol. The van der Waals surface area contributed by atoms with Crippen molar-refractivity contribution in [3.05, 3.63) is 0 Å². The van der Waals surface area contributed by atoms with Crippen molar-refractivity contribution >= 4 is 6.21 Å².